The van der Waals surface area contributed by atoms with Crippen LogP contribution in [0.3, 0.4) is 0 Å². The van der Waals surface area contributed by atoms with Gasteiger partial charge in [-0.25, -0.2) is 0 Å². The molecule has 2 N–H and O–H groups in total. The molecular formula is C14H10Cl2N2O2. The highest BCUT2D eigenvalue weighted by Crippen LogP contribution is 2.39. The molecule has 0 saturated heterocycles. The Morgan fingerprint density at radius 2 is 1.20 bits per heavy atom. The summed E-state index contributed by atoms with van der Waals surface area (Å²) in [6.07, 6.45) is -0.649. The minimum absolute atomic E-state index is 0.324. The third-order valence-electron chi connectivity index (χ3n) is 3.26. The van der Waals surface area contributed by atoms with Gasteiger partial charge in [0, 0.05) is 10.0 Å². The van der Waals surface area contributed by atoms with Crippen LogP contribution in [0.4, 0.5) is 11.4 Å². The van der Waals surface area contributed by atoms with Crippen LogP contribution in [0.15, 0.2) is 36.4 Å². The average Bonchev–Trinajstić information content (AvgIpc) is 2.43. The van der Waals surface area contributed by atoms with Crippen LogP contribution in [0.25, 0.3) is 0 Å². The second-order valence-corrected chi connectivity index (χ2v) is 5.52. The fourth-order valence-electron chi connectivity index (χ4n) is 2.35. The number of fused-ring (bicyclic) bond motifs is 3. The molecule has 2 aromatic rings. The predicted molar refractivity (Wildman–Crippen MR) is 79.0 cm³/mol. The standard InChI is InChI=1S/C14H10Cl2N2O2/c15-7-1-3-11-9(5-7)17-14-13(19-11)18-10-6-8(16)2-4-12(10)20-14/h1-6,13-14,17-18H/t13-,14-/m1/s1. The summed E-state index contributed by atoms with van der Waals surface area (Å²) in [6, 6.07) is 10.9. The van der Waals surface area contributed by atoms with E-state index < -0.39 is 0 Å². The molecule has 6 heteroatoms. The molecule has 2 atom stereocenters. The van der Waals surface area contributed by atoms with Crippen LogP contribution < -0.4 is 20.1 Å². The maximum atomic E-state index is 5.98. The second-order valence-electron chi connectivity index (χ2n) is 4.65. The number of hydrogen-bond acceptors (Lipinski definition) is 4. The topological polar surface area (TPSA) is 42.5 Å². The van der Waals surface area contributed by atoms with Gasteiger partial charge >= 0.3 is 0 Å². The SMILES string of the molecule is Clc1ccc2c(c1)N[C@@H]1Oc3ccc(Cl)cc3N[C@@H]1O2. The van der Waals surface area contributed by atoms with Gasteiger partial charge in [0.1, 0.15) is 11.5 Å². The zero-order valence-corrected chi connectivity index (χ0v) is 11.7. The predicted octanol–water partition coefficient (Wildman–Crippen LogP) is 3.95. The smallest absolute Gasteiger partial charge is 0.226 e. The molecule has 0 bridgehead atoms. The molecule has 4 nitrogen and oxygen atoms in total. The minimum atomic E-state index is -0.324. The van der Waals surface area contributed by atoms with E-state index in [0.29, 0.717) is 10.0 Å². The summed E-state index contributed by atoms with van der Waals surface area (Å²) in [5, 5.41) is 7.83. The number of ether oxygens (including phenoxy) is 2. The first kappa shape index (κ1) is 12.0. The highest BCUT2D eigenvalue weighted by atomic mass is 35.5. The lowest BCUT2D eigenvalue weighted by atomic mass is 10.2. The van der Waals surface area contributed by atoms with E-state index in [-0.39, 0.29) is 12.5 Å². The van der Waals surface area contributed by atoms with E-state index in [1.807, 2.05) is 24.3 Å². The van der Waals surface area contributed by atoms with Crippen LogP contribution in [-0.4, -0.2) is 12.5 Å². The molecule has 0 radical (unpaired) electrons. The van der Waals surface area contributed by atoms with Gasteiger partial charge in [0.05, 0.1) is 11.4 Å². The van der Waals surface area contributed by atoms with Crippen molar-refractivity contribution < 1.29 is 9.47 Å². The fraction of sp³-hybridized carbons (Fsp3) is 0.143. The maximum Gasteiger partial charge on any atom is 0.226 e. The summed E-state index contributed by atoms with van der Waals surface area (Å²) in [5.74, 6) is 1.47. The third-order valence-corrected chi connectivity index (χ3v) is 3.73. The number of nitrogens with one attached hydrogen (secondary N) is 2. The van der Waals surface area contributed by atoms with Crippen molar-refractivity contribution in [3.8, 4) is 11.5 Å². The molecule has 2 aliphatic heterocycles. The zero-order valence-electron chi connectivity index (χ0n) is 10.2. The molecule has 4 rings (SSSR count). The lowest BCUT2D eigenvalue weighted by Crippen LogP contribution is -2.52. The fourth-order valence-corrected chi connectivity index (χ4v) is 2.69. The maximum absolute atomic E-state index is 5.98. The van der Waals surface area contributed by atoms with Crippen LogP contribution >= 0.6 is 23.2 Å². The Morgan fingerprint density at radius 3 is 1.65 bits per heavy atom. The van der Waals surface area contributed by atoms with E-state index in [4.69, 9.17) is 32.7 Å². The van der Waals surface area contributed by atoms with Crippen molar-refractivity contribution in [3.05, 3.63) is 46.4 Å². The van der Waals surface area contributed by atoms with E-state index in [2.05, 4.69) is 10.6 Å². The quantitative estimate of drug-likeness (QED) is 0.773. The van der Waals surface area contributed by atoms with E-state index >= 15 is 0 Å². The summed E-state index contributed by atoms with van der Waals surface area (Å²) >= 11 is 12.0. The molecule has 0 unspecified atom stereocenters. The van der Waals surface area contributed by atoms with Gasteiger partial charge in [-0.1, -0.05) is 23.2 Å². The molecule has 0 saturated carbocycles. The van der Waals surface area contributed by atoms with Crippen LogP contribution in [0.1, 0.15) is 0 Å². The summed E-state index contributed by atoms with van der Waals surface area (Å²) in [7, 11) is 0. The van der Waals surface area contributed by atoms with Gasteiger partial charge in [-0.05, 0) is 36.4 Å². The number of rotatable bonds is 0. The first-order chi connectivity index (χ1) is 9.69. The molecule has 2 aromatic carbocycles. The Bertz CT molecular complexity index is 633. The molecular weight excluding hydrogens is 299 g/mol. The van der Waals surface area contributed by atoms with Gasteiger partial charge in [0.15, 0.2) is 0 Å². The summed E-state index contributed by atoms with van der Waals surface area (Å²) in [4.78, 5) is 0. The summed E-state index contributed by atoms with van der Waals surface area (Å²) in [5.41, 5.74) is 1.64. The van der Waals surface area contributed by atoms with Crippen molar-refractivity contribution in [3.63, 3.8) is 0 Å². The number of benzene rings is 2. The van der Waals surface area contributed by atoms with Gasteiger partial charge in [0.25, 0.3) is 0 Å². The van der Waals surface area contributed by atoms with Crippen molar-refractivity contribution in [1.29, 1.82) is 0 Å². The molecule has 2 aliphatic rings. The van der Waals surface area contributed by atoms with Gasteiger partial charge in [-0.2, -0.15) is 0 Å². The average molecular weight is 309 g/mol. The first-order valence-corrected chi connectivity index (χ1v) is 6.90. The Kier molecular flexibility index (Phi) is 2.62. The van der Waals surface area contributed by atoms with Crippen molar-refractivity contribution in [2.75, 3.05) is 10.6 Å². The molecule has 20 heavy (non-hydrogen) atoms. The lowest BCUT2D eigenvalue weighted by Gasteiger charge is -2.39. The van der Waals surface area contributed by atoms with Crippen molar-refractivity contribution in [1.82, 2.24) is 0 Å². The zero-order chi connectivity index (χ0) is 13.7. The van der Waals surface area contributed by atoms with E-state index in [0.717, 1.165) is 22.9 Å². The Morgan fingerprint density at radius 1 is 0.750 bits per heavy atom. The normalized spacial score (nSPS) is 22.1. The van der Waals surface area contributed by atoms with Crippen molar-refractivity contribution in [2.24, 2.45) is 0 Å². The van der Waals surface area contributed by atoms with Crippen LogP contribution in [0.2, 0.25) is 10.0 Å². The Hall–Kier alpha value is -1.78. The third kappa shape index (κ3) is 1.92. The molecule has 102 valence electrons. The number of hydrogen-bond donors (Lipinski definition) is 2. The highest BCUT2D eigenvalue weighted by molar-refractivity contribution is 6.31. The number of anilines is 2. The van der Waals surface area contributed by atoms with E-state index in [1.165, 1.54) is 0 Å². The van der Waals surface area contributed by atoms with Crippen LogP contribution in [0, 0.1) is 0 Å². The minimum Gasteiger partial charge on any atom is -0.462 e. The molecule has 0 aromatic heterocycles. The van der Waals surface area contributed by atoms with Crippen LogP contribution in [-0.2, 0) is 0 Å². The molecule has 0 spiro atoms. The molecule has 0 fully saturated rings. The first-order valence-electron chi connectivity index (χ1n) is 6.14. The Balaban J connectivity index is 1.68. The van der Waals surface area contributed by atoms with Gasteiger partial charge in [-0.15, -0.1) is 0 Å². The van der Waals surface area contributed by atoms with Gasteiger partial charge in [0.2, 0.25) is 12.5 Å². The largest absolute Gasteiger partial charge is 0.462 e. The molecule has 2 heterocycles. The molecule has 0 aliphatic carbocycles. The van der Waals surface area contributed by atoms with E-state index in [9.17, 15) is 0 Å². The Labute approximate surface area is 125 Å². The van der Waals surface area contributed by atoms with Gasteiger partial charge in [-0.3, -0.25) is 0 Å². The number of halogens is 2. The lowest BCUT2D eigenvalue weighted by molar-refractivity contribution is 0.0700. The summed E-state index contributed by atoms with van der Waals surface area (Å²) < 4.78 is 11.8. The van der Waals surface area contributed by atoms with Crippen molar-refractivity contribution >= 4 is 34.6 Å². The van der Waals surface area contributed by atoms with E-state index in [1.54, 1.807) is 12.1 Å². The summed E-state index contributed by atoms with van der Waals surface area (Å²) in [6.45, 7) is 0. The van der Waals surface area contributed by atoms with Gasteiger partial charge < -0.3 is 20.1 Å². The van der Waals surface area contributed by atoms with Crippen LogP contribution in [0.5, 0.6) is 11.5 Å². The molecule has 0 amide bonds. The highest BCUT2D eigenvalue weighted by Gasteiger charge is 2.35. The van der Waals surface area contributed by atoms with Crippen molar-refractivity contribution in [2.45, 2.75) is 12.5 Å². The second kappa shape index (κ2) is 4.36. The monoisotopic (exact) mass is 308 g/mol.